The number of nitrogens with one attached hydrogen (secondary N) is 3. The number of benzene rings is 1. The summed E-state index contributed by atoms with van der Waals surface area (Å²) in [6, 6.07) is 8.36. The first-order chi connectivity index (χ1) is 27.0. The van der Waals surface area contributed by atoms with Crippen LogP contribution in [0.5, 0.6) is 0 Å². The SMILES string of the molecule is CCCCNC(=O)C(=O)C(CC1CCC1)NC(=O)[C@@H]1[C@@H](C(C)C)CCN1C(=O)[C@H](C1Cc2ccccc2C1)N1C(=O)[C@@H](NC(=O)c2cccs2)C12CCCCC2. The monoisotopic (exact) mass is 785 g/mol. The summed E-state index contributed by atoms with van der Waals surface area (Å²) in [5, 5.41) is 10.7. The lowest BCUT2D eigenvalue weighted by Gasteiger charge is -2.62. The van der Waals surface area contributed by atoms with E-state index >= 15 is 4.79 Å². The Hall–Kier alpha value is -4.06. The standard InChI is InChI=1S/C44H59N5O6S/c1-4-5-21-45-41(53)37(50)33(24-28-13-11-14-28)46-40(52)36-32(27(2)3)18-22-48(36)42(54)35(31-25-29-15-7-8-16-30(29)26-31)49-43(55)38(44(49)19-9-6-10-20-44)47-39(51)34-17-12-23-56-34/h7-8,12,15-17,23,27-28,31-33,35-36,38H,4-6,9-11,13-14,18-22,24-26H2,1-3H3,(H,45,53)(H,46,52)(H,47,51)/t32-,33?,35+,36+,38-/m1/s1. The number of carbonyl (C=O) groups is 6. The van der Waals surface area contributed by atoms with Crippen LogP contribution in [-0.2, 0) is 36.8 Å². The molecule has 3 N–H and O–H groups in total. The summed E-state index contributed by atoms with van der Waals surface area (Å²) in [5.41, 5.74) is 1.61. The maximum atomic E-state index is 15.5. The number of ketones is 1. The smallest absolute Gasteiger partial charge is 0.289 e. The zero-order chi connectivity index (χ0) is 39.6. The first-order valence-electron chi connectivity index (χ1n) is 21.2. The van der Waals surface area contributed by atoms with E-state index in [1.54, 1.807) is 11.0 Å². The average Bonchev–Trinajstić information content (AvgIpc) is 3.97. The van der Waals surface area contributed by atoms with E-state index in [0.29, 0.717) is 56.5 Å². The molecule has 5 amide bonds. The molecule has 11 nitrogen and oxygen atoms in total. The van der Waals surface area contributed by atoms with Crippen molar-refractivity contribution in [1.82, 2.24) is 25.8 Å². The molecule has 3 heterocycles. The first-order valence-corrected chi connectivity index (χ1v) is 22.1. The molecule has 5 atom stereocenters. The molecule has 12 heteroatoms. The minimum absolute atomic E-state index is 0.0584. The van der Waals surface area contributed by atoms with Crippen LogP contribution in [-0.4, -0.2) is 87.9 Å². The number of unbranched alkanes of at least 4 members (excludes halogenated alkanes) is 1. The zero-order valence-corrected chi connectivity index (χ0v) is 34.0. The van der Waals surface area contributed by atoms with Crippen molar-refractivity contribution in [2.75, 3.05) is 13.1 Å². The number of fused-ring (bicyclic) bond motifs is 1. The Morgan fingerprint density at radius 1 is 0.929 bits per heavy atom. The highest BCUT2D eigenvalue weighted by Gasteiger charge is 2.65. The number of hydrogen-bond acceptors (Lipinski definition) is 7. The summed E-state index contributed by atoms with van der Waals surface area (Å²) in [6.07, 6.45) is 11.0. The molecular weight excluding hydrogens is 727 g/mol. The van der Waals surface area contributed by atoms with Crippen molar-refractivity contribution in [2.45, 2.75) is 140 Å². The van der Waals surface area contributed by atoms with Gasteiger partial charge in [-0.3, -0.25) is 28.8 Å². The zero-order valence-electron chi connectivity index (χ0n) is 33.2. The van der Waals surface area contributed by atoms with Gasteiger partial charge in [0.2, 0.25) is 23.5 Å². The van der Waals surface area contributed by atoms with Gasteiger partial charge in [0.15, 0.2) is 0 Å². The van der Waals surface area contributed by atoms with Crippen molar-refractivity contribution in [3.8, 4) is 0 Å². The van der Waals surface area contributed by atoms with E-state index in [2.05, 4.69) is 41.9 Å². The third-order valence-electron chi connectivity index (χ3n) is 13.6. The Morgan fingerprint density at radius 2 is 1.64 bits per heavy atom. The van der Waals surface area contributed by atoms with Gasteiger partial charge in [0.25, 0.3) is 11.8 Å². The van der Waals surface area contributed by atoms with Crippen LogP contribution in [0.1, 0.15) is 119 Å². The molecule has 56 heavy (non-hydrogen) atoms. The quantitative estimate of drug-likeness (QED) is 0.129. The largest absolute Gasteiger partial charge is 0.349 e. The van der Waals surface area contributed by atoms with Gasteiger partial charge in [0.05, 0.1) is 16.5 Å². The molecular formula is C44H59N5O6S. The average molecular weight is 786 g/mol. The Bertz CT molecular complexity index is 1760. The van der Waals surface area contributed by atoms with Crippen LogP contribution in [0.3, 0.4) is 0 Å². The highest BCUT2D eigenvalue weighted by Crippen LogP contribution is 2.49. The van der Waals surface area contributed by atoms with Crippen molar-refractivity contribution in [3.05, 3.63) is 57.8 Å². The molecule has 2 saturated carbocycles. The van der Waals surface area contributed by atoms with Crippen molar-refractivity contribution in [3.63, 3.8) is 0 Å². The number of thiophene rings is 1. The van der Waals surface area contributed by atoms with Gasteiger partial charge in [0.1, 0.15) is 18.1 Å². The molecule has 0 bridgehead atoms. The van der Waals surface area contributed by atoms with Crippen molar-refractivity contribution in [2.24, 2.45) is 23.7 Å². The molecule has 4 fully saturated rings. The highest BCUT2D eigenvalue weighted by atomic mass is 32.1. The van der Waals surface area contributed by atoms with E-state index in [0.717, 1.165) is 62.5 Å². The topological polar surface area (TPSA) is 145 Å². The molecule has 1 aromatic carbocycles. The maximum absolute atomic E-state index is 15.5. The van der Waals surface area contributed by atoms with Gasteiger partial charge in [-0.25, -0.2) is 0 Å². The fourth-order valence-corrected chi connectivity index (χ4v) is 11.0. The second-order valence-corrected chi connectivity index (χ2v) is 18.3. The lowest BCUT2D eigenvalue weighted by molar-refractivity contribution is -0.183. The van der Waals surface area contributed by atoms with Gasteiger partial charge in [-0.05, 0) is 91.2 Å². The summed E-state index contributed by atoms with van der Waals surface area (Å²) in [5.74, 6) is -2.57. The molecule has 0 radical (unpaired) electrons. The lowest BCUT2D eigenvalue weighted by Crippen LogP contribution is -2.83. The fraction of sp³-hybridized carbons (Fsp3) is 0.636. The molecule has 1 unspecified atom stereocenters. The van der Waals surface area contributed by atoms with Crippen LogP contribution in [0.25, 0.3) is 0 Å². The normalized spacial score (nSPS) is 24.3. The lowest BCUT2D eigenvalue weighted by atomic mass is 9.66. The van der Waals surface area contributed by atoms with Gasteiger partial charge in [-0.2, -0.15) is 0 Å². The minimum atomic E-state index is -0.977. The number of amides is 5. The number of nitrogens with zero attached hydrogens (tertiary/aromatic N) is 2. The van der Waals surface area contributed by atoms with Crippen LogP contribution in [0.2, 0.25) is 0 Å². The van der Waals surface area contributed by atoms with E-state index in [-0.39, 0.29) is 41.4 Å². The predicted molar refractivity (Wildman–Crippen MR) is 215 cm³/mol. The van der Waals surface area contributed by atoms with Gasteiger partial charge < -0.3 is 25.8 Å². The molecule has 1 spiro atoms. The molecule has 2 saturated heterocycles. The Kier molecular flexibility index (Phi) is 12.3. The van der Waals surface area contributed by atoms with Crippen LogP contribution in [0.15, 0.2) is 41.8 Å². The molecule has 2 aliphatic heterocycles. The first kappa shape index (κ1) is 40.1. The van der Waals surface area contributed by atoms with Crippen molar-refractivity contribution < 1.29 is 28.8 Å². The number of hydrogen-bond donors (Lipinski definition) is 3. The van der Waals surface area contributed by atoms with Crippen molar-refractivity contribution >= 4 is 46.7 Å². The summed E-state index contributed by atoms with van der Waals surface area (Å²) in [6.45, 7) is 6.87. The van der Waals surface area contributed by atoms with Crippen LogP contribution >= 0.6 is 11.3 Å². The van der Waals surface area contributed by atoms with Gasteiger partial charge >= 0.3 is 0 Å². The second kappa shape index (κ2) is 17.2. The van der Waals surface area contributed by atoms with E-state index in [1.807, 2.05) is 35.4 Å². The Balaban J connectivity index is 1.20. The van der Waals surface area contributed by atoms with Crippen molar-refractivity contribution in [1.29, 1.82) is 0 Å². The van der Waals surface area contributed by atoms with Gasteiger partial charge in [-0.1, -0.05) is 96.0 Å². The Morgan fingerprint density at radius 3 is 2.25 bits per heavy atom. The van der Waals surface area contributed by atoms with Crippen LogP contribution < -0.4 is 16.0 Å². The second-order valence-electron chi connectivity index (χ2n) is 17.4. The number of β-lactam (4-membered cyclic amide) rings is 1. The van der Waals surface area contributed by atoms with Crippen LogP contribution in [0.4, 0.5) is 0 Å². The fourth-order valence-electron chi connectivity index (χ4n) is 10.4. The third kappa shape index (κ3) is 7.79. The predicted octanol–water partition coefficient (Wildman–Crippen LogP) is 5.21. The molecule has 1 aromatic heterocycles. The summed E-state index contributed by atoms with van der Waals surface area (Å²) >= 11 is 1.33. The van der Waals surface area contributed by atoms with Crippen LogP contribution in [0, 0.1) is 23.7 Å². The molecule has 302 valence electrons. The molecule has 7 rings (SSSR count). The maximum Gasteiger partial charge on any atom is 0.289 e. The number of carbonyl (C=O) groups excluding carboxylic acids is 6. The summed E-state index contributed by atoms with van der Waals surface area (Å²) in [7, 11) is 0. The number of rotatable bonds is 15. The van der Waals surface area contributed by atoms with Gasteiger partial charge in [-0.15, -0.1) is 11.3 Å². The number of likely N-dealkylation sites (tertiary alicyclic amines) is 2. The van der Waals surface area contributed by atoms with E-state index in [1.165, 1.54) is 11.3 Å². The third-order valence-corrected chi connectivity index (χ3v) is 14.5. The van der Waals surface area contributed by atoms with E-state index < -0.39 is 47.3 Å². The summed E-state index contributed by atoms with van der Waals surface area (Å²) in [4.78, 5) is 89.0. The molecule has 2 aromatic rings. The highest BCUT2D eigenvalue weighted by molar-refractivity contribution is 7.12. The van der Waals surface area contributed by atoms with E-state index in [9.17, 15) is 24.0 Å². The summed E-state index contributed by atoms with van der Waals surface area (Å²) < 4.78 is 0. The molecule has 3 aliphatic carbocycles. The van der Waals surface area contributed by atoms with Gasteiger partial charge in [0, 0.05) is 13.1 Å². The van der Waals surface area contributed by atoms with E-state index in [4.69, 9.17) is 0 Å². The Labute approximate surface area is 335 Å². The minimum Gasteiger partial charge on any atom is -0.349 e. The molecule has 5 aliphatic rings. The number of Topliss-reactive ketones (excluding diaryl/α,β-unsaturated/α-hetero) is 1.